The summed E-state index contributed by atoms with van der Waals surface area (Å²) in [5.41, 5.74) is 1.17. The van der Waals surface area contributed by atoms with Crippen LogP contribution in [0.1, 0.15) is 5.56 Å². The molecule has 0 fully saturated rings. The molecule has 0 amide bonds. The van der Waals surface area contributed by atoms with Crippen LogP contribution in [0.25, 0.3) is 0 Å². The standard InChI is InChI=1S/C11H11BrN2S/c1-8-6-9(12)7-13-11(8)14(2)10-4-3-5-15-10/h3-7H,1-2H3. The number of hydrogen-bond donors (Lipinski definition) is 0. The lowest BCUT2D eigenvalue weighted by molar-refractivity contribution is 1.11. The van der Waals surface area contributed by atoms with Gasteiger partial charge >= 0.3 is 0 Å². The summed E-state index contributed by atoms with van der Waals surface area (Å²) in [5, 5.41) is 3.27. The van der Waals surface area contributed by atoms with Gasteiger partial charge in [0.05, 0.1) is 5.00 Å². The van der Waals surface area contributed by atoms with Crippen molar-refractivity contribution in [3.8, 4) is 0 Å². The molecule has 0 unspecified atom stereocenters. The van der Waals surface area contributed by atoms with Gasteiger partial charge in [-0.15, -0.1) is 11.3 Å². The second-order valence-corrected chi connectivity index (χ2v) is 5.15. The SMILES string of the molecule is Cc1cc(Br)cnc1N(C)c1cccs1. The van der Waals surface area contributed by atoms with Crippen LogP contribution in [-0.2, 0) is 0 Å². The average Bonchev–Trinajstić information content (AvgIpc) is 2.69. The Labute approximate surface area is 102 Å². The molecule has 78 valence electrons. The quantitative estimate of drug-likeness (QED) is 0.828. The van der Waals surface area contributed by atoms with E-state index in [1.807, 2.05) is 19.3 Å². The van der Waals surface area contributed by atoms with Gasteiger partial charge in [0.15, 0.2) is 0 Å². The topological polar surface area (TPSA) is 16.1 Å². The number of rotatable bonds is 2. The van der Waals surface area contributed by atoms with Crippen LogP contribution in [0.2, 0.25) is 0 Å². The molecule has 0 atom stereocenters. The van der Waals surface area contributed by atoms with Crippen molar-refractivity contribution in [2.75, 3.05) is 11.9 Å². The van der Waals surface area contributed by atoms with Crippen LogP contribution < -0.4 is 4.90 Å². The lowest BCUT2D eigenvalue weighted by Gasteiger charge is -2.18. The van der Waals surface area contributed by atoms with E-state index in [0.717, 1.165) is 10.3 Å². The predicted octanol–water partition coefficient (Wildman–Crippen LogP) is 3.98. The number of hydrogen-bond acceptors (Lipinski definition) is 3. The van der Waals surface area contributed by atoms with E-state index >= 15 is 0 Å². The molecule has 0 saturated heterocycles. The maximum Gasteiger partial charge on any atom is 0.136 e. The summed E-state index contributed by atoms with van der Waals surface area (Å²) in [4.78, 5) is 6.52. The molecule has 0 aliphatic rings. The Morgan fingerprint density at radius 1 is 1.47 bits per heavy atom. The highest BCUT2D eigenvalue weighted by molar-refractivity contribution is 9.10. The minimum atomic E-state index is 1.00. The van der Waals surface area contributed by atoms with Crippen molar-refractivity contribution >= 4 is 38.1 Å². The molecule has 0 aliphatic heterocycles. The third-order valence-electron chi connectivity index (χ3n) is 2.17. The van der Waals surface area contributed by atoms with Gasteiger partial charge < -0.3 is 4.90 Å². The fourth-order valence-electron chi connectivity index (χ4n) is 1.45. The van der Waals surface area contributed by atoms with Crippen molar-refractivity contribution in [2.45, 2.75) is 6.92 Å². The number of aromatic nitrogens is 1. The first-order chi connectivity index (χ1) is 7.18. The lowest BCUT2D eigenvalue weighted by atomic mass is 10.3. The molecular weight excluding hydrogens is 272 g/mol. The number of anilines is 2. The average molecular weight is 283 g/mol. The zero-order valence-corrected chi connectivity index (χ0v) is 11.0. The number of nitrogens with zero attached hydrogens (tertiary/aromatic N) is 2. The molecule has 2 aromatic heterocycles. The van der Waals surface area contributed by atoms with Crippen LogP contribution in [-0.4, -0.2) is 12.0 Å². The first-order valence-corrected chi connectivity index (χ1v) is 6.25. The highest BCUT2D eigenvalue weighted by Gasteiger charge is 2.08. The normalized spacial score (nSPS) is 10.3. The van der Waals surface area contributed by atoms with Crippen molar-refractivity contribution in [1.29, 1.82) is 0 Å². The molecule has 2 heterocycles. The van der Waals surface area contributed by atoms with Gasteiger partial charge in [0.25, 0.3) is 0 Å². The molecule has 0 radical (unpaired) electrons. The molecule has 2 nitrogen and oxygen atoms in total. The molecule has 0 saturated carbocycles. The zero-order chi connectivity index (χ0) is 10.8. The minimum Gasteiger partial charge on any atom is -0.321 e. The van der Waals surface area contributed by atoms with E-state index in [1.165, 1.54) is 10.6 Å². The first kappa shape index (κ1) is 10.6. The second-order valence-electron chi connectivity index (χ2n) is 3.30. The van der Waals surface area contributed by atoms with E-state index in [9.17, 15) is 0 Å². The Morgan fingerprint density at radius 2 is 2.27 bits per heavy atom. The molecule has 4 heteroatoms. The molecule has 0 aliphatic carbocycles. The Bertz CT molecular complexity index is 454. The first-order valence-electron chi connectivity index (χ1n) is 4.58. The van der Waals surface area contributed by atoms with Crippen molar-refractivity contribution in [3.63, 3.8) is 0 Å². The summed E-state index contributed by atoms with van der Waals surface area (Å²) in [7, 11) is 2.04. The number of pyridine rings is 1. The van der Waals surface area contributed by atoms with Crippen molar-refractivity contribution < 1.29 is 0 Å². The minimum absolute atomic E-state index is 1.00. The van der Waals surface area contributed by atoms with E-state index in [-0.39, 0.29) is 0 Å². The van der Waals surface area contributed by atoms with E-state index in [2.05, 4.69) is 50.3 Å². The third kappa shape index (κ3) is 2.21. The summed E-state index contributed by atoms with van der Waals surface area (Å²) >= 11 is 5.13. The van der Waals surface area contributed by atoms with Gasteiger partial charge in [-0.25, -0.2) is 4.98 Å². The van der Waals surface area contributed by atoms with E-state index in [1.54, 1.807) is 11.3 Å². The lowest BCUT2D eigenvalue weighted by Crippen LogP contribution is -2.10. The number of halogens is 1. The van der Waals surface area contributed by atoms with Gasteiger partial charge in [0, 0.05) is 17.7 Å². The summed E-state index contributed by atoms with van der Waals surface area (Å²) in [6.45, 7) is 2.07. The largest absolute Gasteiger partial charge is 0.321 e. The molecule has 15 heavy (non-hydrogen) atoms. The van der Waals surface area contributed by atoms with Crippen molar-refractivity contribution in [3.05, 3.63) is 39.8 Å². The fourth-order valence-corrected chi connectivity index (χ4v) is 2.59. The summed E-state index contributed by atoms with van der Waals surface area (Å²) in [6, 6.07) is 6.21. The van der Waals surface area contributed by atoms with Crippen LogP contribution in [0.5, 0.6) is 0 Å². The van der Waals surface area contributed by atoms with E-state index < -0.39 is 0 Å². The van der Waals surface area contributed by atoms with Crippen molar-refractivity contribution in [1.82, 2.24) is 4.98 Å². The Balaban J connectivity index is 2.38. The van der Waals surface area contributed by atoms with Crippen LogP contribution in [0, 0.1) is 6.92 Å². The maximum atomic E-state index is 4.42. The maximum absolute atomic E-state index is 4.42. The second kappa shape index (κ2) is 4.33. The van der Waals surface area contributed by atoms with E-state index in [0.29, 0.717) is 0 Å². The van der Waals surface area contributed by atoms with Gasteiger partial charge in [-0.2, -0.15) is 0 Å². The molecule has 2 rings (SSSR count). The third-order valence-corrected chi connectivity index (χ3v) is 3.55. The molecule has 2 aromatic rings. The molecule has 0 spiro atoms. The Hall–Kier alpha value is -0.870. The Morgan fingerprint density at radius 3 is 2.87 bits per heavy atom. The molecule has 0 bridgehead atoms. The summed E-state index contributed by atoms with van der Waals surface area (Å²) in [6.07, 6.45) is 1.83. The Kier molecular flexibility index (Phi) is 3.07. The number of thiophene rings is 1. The smallest absolute Gasteiger partial charge is 0.136 e. The van der Waals surface area contributed by atoms with Crippen molar-refractivity contribution in [2.24, 2.45) is 0 Å². The van der Waals surface area contributed by atoms with Crippen LogP contribution in [0.4, 0.5) is 10.8 Å². The summed E-state index contributed by atoms with van der Waals surface area (Å²) in [5.74, 6) is 1.00. The fraction of sp³-hybridized carbons (Fsp3) is 0.182. The monoisotopic (exact) mass is 282 g/mol. The van der Waals surface area contributed by atoms with E-state index in [4.69, 9.17) is 0 Å². The predicted molar refractivity (Wildman–Crippen MR) is 69.1 cm³/mol. The highest BCUT2D eigenvalue weighted by atomic mass is 79.9. The highest BCUT2D eigenvalue weighted by Crippen LogP contribution is 2.29. The zero-order valence-electron chi connectivity index (χ0n) is 8.57. The van der Waals surface area contributed by atoms with Gasteiger partial charge in [0.1, 0.15) is 5.82 Å². The molecule has 0 aromatic carbocycles. The van der Waals surface area contributed by atoms with Crippen LogP contribution in [0.3, 0.4) is 0 Å². The van der Waals surface area contributed by atoms with Gasteiger partial charge in [-0.3, -0.25) is 0 Å². The van der Waals surface area contributed by atoms with Gasteiger partial charge in [0.2, 0.25) is 0 Å². The number of aryl methyl sites for hydroxylation is 1. The van der Waals surface area contributed by atoms with Crippen LogP contribution >= 0.6 is 27.3 Å². The van der Waals surface area contributed by atoms with Gasteiger partial charge in [-0.05, 0) is 52.0 Å². The molecule has 0 N–H and O–H groups in total. The van der Waals surface area contributed by atoms with Gasteiger partial charge in [-0.1, -0.05) is 0 Å². The molecular formula is C11H11BrN2S. The summed E-state index contributed by atoms with van der Waals surface area (Å²) < 4.78 is 1.02. The van der Waals surface area contributed by atoms with Crippen LogP contribution in [0.15, 0.2) is 34.2 Å².